The number of anilines is 2. The van der Waals surface area contributed by atoms with Gasteiger partial charge in [0.25, 0.3) is 5.91 Å². The van der Waals surface area contributed by atoms with Gasteiger partial charge in [-0.15, -0.1) is 0 Å². The Balaban J connectivity index is 1.68. The van der Waals surface area contributed by atoms with Crippen LogP contribution in [0.4, 0.5) is 11.4 Å². The Morgan fingerprint density at radius 3 is 2.54 bits per heavy atom. The number of hydrogen-bond donors (Lipinski definition) is 1. The zero-order chi connectivity index (χ0) is 18.4. The average molecular weight is 377 g/mol. The fourth-order valence-electron chi connectivity index (χ4n) is 2.69. The fraction of sp³-hybridized carbons (Fsp3) is 0.316. The quantitative estimate of drug-likeness (QED) is 0.838. The number of carbonyl (C=O) groups excluding carboxylic acids is 1. The molecule has 0 radical (unpaired) electrons. The summed E-state index contributed by atoms with van der Waals surface area (Å²) in [6.45, 7) is 2.78. The number of benzene rings is 2. The molecule has 138 valence electrons. The highest BCUT2D eigenvalue weighted by atomic mass is 35.5. The summed E-state index contributed by atoms with van der Waals surface area (Å²) in [6.07, 6.45) is 0. The smallest absolute Gasteiger partial charge is 0.262 e. The Morgan fingerprint density at radius 2 is 1.85 bits per heavy atom. The molecule has 0 bridgehead atoms. The number of morpholine rings is 1. The summed E-state index contributed by atoms with van der Waals surface area (Å²) >= 11 is 5.84. The monoisotopic (exact) mass is 376 g/mol. The van der Waals surface area contributed by atoms with Crippen LogP contribution in [0.2, 0.25) is 5.02 Å². The molecule has 0 unspecified atom stereocenters. The number of amides is 1. The number of hydrogen-bond acceptors (Lipinski definition) is 5. The molecular formula is C19H21ClN2O4. The van der Waals surface area contributed by atoms with Crippen molar-refractivity contribution in [2.45, 2.75) is 0 Å². The number of nitrogens with zero attached hydrogens (tertiary/aromatic N) is 1. The molecule has 0 saturated carbocycles. The first kappa shape index (κ1) is 18.4. The van der Waals surface area contributed by atoms with Gasteiger partial charge in [-0.25, -0.2) is 0 Å². The van der Waals surface area contributed by atoms with E-state index in [0.717, 1.165) is 18.8 Å². The van der Waals surface area contributed by atoms with Crippen LogP contribution in [-0.4, -0.2) is 45.9 Å². The van der Waals surface area contributed by atoms with Crippen LogP contribution in [0.15, 0.2) is 42.5 Å². The van der Waals surface area contributed by atoms with E-state index in [1.54, 1.807) is 31.4 Å². The SMILES string of the molecule is COc1ccc(N2CCOCC2)c(NC(=O)COc2ccc(Cl)cc2)c1. The minimum atomic E-state index is -0.247. The molecule has 1 N–H and O–H groups in total. The van der Waals surface area contributed by atoms with Crippen LogP contribution in [0.25, 0.3) is 0 Å². The highest BCUT2D eigenvalue weighted by Gasteiger charge is 2.17. The van der Waals surface area contributed by atoms with Crippen molar-refractivity contribution < 1.29 is 19.0 Å². The Hall–Kier alpha value is -2.44. The third kappa shape index (κ3) is 4.80. The summed E-state index contributed by atoms with van der Waals surface area (Å²) < 4.78 is 16.2. The first-order valence-electron chi connectivity index (χ1n) is 8.34. The fourth-order valence-corrected chi connectivity index (χ4v) is 2.81. The summed E-state index contributed by atoms with van der Waals surface area (Å²) in [5.41, 5.74) is 1.63. The molecule has 3 rings (SSSR count). The standard InChI is InChI=1S/C19H21ClN2O4/c1-24-16-6-7-18(22-8-10-25-11-9-22)17(12-16)21-19(23)13-26-15-4-2-14(20)3-5-15/h2-7,12H,8-11,13H2,1H3,(H,21,23). The van der Waals surface area contributed by atoms with Crippen molar-refractivity contribution in [1.82, 2.24) is 0 Å². The minimum Gasteiger partial charge on any atom is -0.497 e. The maximum absolute atomic E-state index is 12.3. The normalized spacial score (nSPS) is 14.0. The van der Waals surface area contributed by atoms with Gasteiger partial charge in [-0.3, -0.25) is 4.79 Å². The molecule has 7 heteroatoms. The number of nitrogens with one attached hydrogen (secondary N) is 1. The second-order valence-corrected chi connectivity index (χ2v) is 6.21. The Bertz CT molecular complexity index is 746. The van der Waals surface area contributed by atoms with Gasteiger partial charge in [-0.05, 0) is 36.4 Å². The second-order valence-electron chi connectivity index (χ2n) is 5.77. The van der Waals surface area contributed by atoms with Crippen LogP contribution in [-0.2, 0) is 9.53 Å². The van der Waals surface area contributed by atoms with Crippen LogP contribution in [0.5, 0.6) is 11.5 Å². The minimum absolute atomic E-state index is 0.0958. The predicted octanol–water partition coefficient (Wildman–Crippen LogP) is 3.20. The van der Waals surface area contributed by atoms with Crippen LogP contribution >= 0.6 is 11.6 Å². The van der Waals surface area contributed by atoms with Crippen molar-refractivity contribution in [1.29, 1.82) is 0 Å². The molecule has 1 amide bonds. The van der Waals surface area contributed by atoms with E-state index in [1.807, 2.05) is 18.2 Å². The molecule has 1 fully saturated rings. The highest BCUT2D eigenvalue weighted by Crippen LogP contribution is 2.31. The van der Waals surface area contributed by atoms with Gasteiger partial charge in [0.05, 0.1) is 31.7 Å². The summed E-state index contributed by atoms with van der Waals surface area (Å²) in [7, 11) is 1.60. The zero-order valence-electron chi connectivity index (χ0n) is 14.5. The van der Waals surface area contributed by atoms with Gasteiger partial charge in [0, 0.05) is 24.2 Å². The molecule has 6 nitrogen and oxygen atoms in total. The maximum Gasteiger partial charge on any atom is 0.262 e. The topological polar surface area (TPSA) is 60.0 Å². The number of rotatable bonds is 6. The average Bonchev–Trinajstić information content (AvgIpc) is 2.68. The van der Waals surface area contributed by atoms with E-state index in [-0.39, 0.29) is 12.5 Å². The lowest BCUT2D eigenvalue weighted by Gasteiger charge is -2.30. The van der Waals surface area contributed by atoms with Gasteiger partial charge in [0.2, 0.25) is 0 Å². The van der Waals surface area contributed by atoms with E-state index in [2.05, 4.69) is 10.2 Å². The Kier molecular flexibility index (Phi) is 6.20. The van der Waals surface area contributed by atoms with Crippen LogP contribution in [0.1, 0.15) is 0 Å². The number of methoxy groups -OCH3 is 1. The summed E-state index contributed by atoms with van der Waals surface area (Å²) in [5.74, 6) is 1.02. The lowest BCUT2D eigenvalue weighted by molar-refractivity contribution is -0.118. The largest absolute Gasteiger partial charge is 0.497 e. The van der Waals surface area contributed by atoms with Gasteiger partial charge in [-0.1, -0.05) is 11.6 Å². The van der Waals surface area contributed by atoms with E-state index < -0.39 is 0 Å². The Labute approximate surface area is 157 Å². The van der Waals surface area contributed by atoms with E-state index in [0.29, 0.717) is 35.4 Å². The molecule has 1 saturated heterocycles. The van der Waals surface area contributed by atoms with Crippen LogP contribution < -0.4 is 19.7 Å². The molecule has 1 aliphatic rings. The zero-order valence-corrected chi connectivity index (χ0v) is 15.3. The molecule has 2 aromatic carbocycles. The maximum atomic E-state index is 12.3. The second kappa shape index (κ2) is 8.78. The molecule has 1 aliphatic heterocycles. The van der Waals surface area contributed by atoms with Crippen LogP contribution in [0.3, 0.4) is 0 Å². The summed E-state index contributed by atoms with van der Waals surface area (Å²) in [4.78, 5) is 14.5. The molecule has 0 aliphatic carbocycles. The molecule has 2 aromatic rings. The van der Waals surface area contributed by atoms with Crippen molar-refractivity contribution in [3.8, 4) is 11.5 Å². The van der Waals surface area contributed by atoms with Crippen molar-refractivity contribution in [3.05, 3.63) is 47.5 Å². The molecule has 26 heavy (non-hydrogen) atoms. The molecule has 0 aromatic heterocycles. The van der Waals surface area contributed by atoms with Gasteiger partial charge in [0.1, 0.15) is 11.5 Å². The first-order valence-corrected chi connectivity index (χ1v) is 8.72. The highest BCUT2D eigenvalue weighted by molar-refractivity contribution is 6.30. The summed E-state index contributed by atoms with van der Waals surface area (Å²) in [6, 6.07) is 12.5. The van der Waals surface area contributed by atoms with Crippen molar-refractivity contribution in [2.75, 3.05) is 50.2 Å². The van der Waals surface area contributed by atoms with Gasteiger partial charge in [0.15, 0.2) is 6.61 Å². The van der Waals surface area contributed by atoms with Crippen molar-refractivity contribution >= 4 is 28.9 Å². The molecule has 0 spiro atoms. The van der Waals surface area contributed by atoms with E-state index in [9.17, 15) is 4.79 Å². The lowest BCUT2D eigenvalue weighted by Crippen LogP contribution is -2.37. The third-order valence-corrected chi connectivity index (χ3v) is 4.27. The molecule has 1 heterocycles. The van der Waals surface area contributed by atoms with Gasteiger partial charge < -0.3 is 24.4 Å². The number of halogens is 1. The van der Waals surface area contributed by atoms with Crippen LogP contribution in [0, 0.1) is 0 Å². The van der Waals surface area contributed by atoms with E-state index >= 15 is 0 Å². The lowest BCUT2D eigenvalue weighted by atomic mass is 10.2. The molecular weight excluding hydrogens is 356 g/mol. The predicted molar refractivity (Wildman–Crippen MR) is 102 cm³/mol. The van der Waals surface area contributed by atoms with E-state index in [1.165, 1.54) is 0 Å². The van der Waals surface area contributed by atoms with E-state index in [4.69, 9.17) is 25.8 Å². The number of carbonyl (C=O) groups is 1. The first-order chi connectivity index (χ1) is 12.7. The van der Waals surface area contributed by atoms with Crippen molar-refractivity contribution in [3.63, 3.8) is 0 Å². The van der Waals surface area contributed by atoms with Crippen molar-refractivity contribution in [2.24, 2.45) is 0 Å². The Morgan fingerprint density at radius 1 is 1.15 bits per heavy atom. The molecule has 0 atom stereocenters. The van der Waals surface area contributed by atoms with Gasteiger partial charge in [-0.2, -0.15) is 0 Å². The number of ether oxygens (including phenoxy) is 3. The third-order valence-electron chi connectivity index (χ3n) is 4.01. The summed E-state index contributed by atoms with van der Waals surface area (Å²) in [5, 5.41) is 3.53. The van der Waals surface area contributed by atoms with Gasteiger partial charge >= 0.3 is 0 Å².